The Morgan fingerprint density at radius 3 is 2.74 bits per heavy atom. The van der Waals surface area contributed by atoms with E-state index in [0.717, 1.165) is 40.4 Å². The maximum Gasteiger partial charge on any atom is 0.291 e. The van der Waals surface area contributed by atoms with Crippen molar-refractivity contribution in [2.24, 2.45) is 15.7 Å². The largest absolute Gasteiger partial charge is 0.405 e. The van der Waals surface area contributed by atoms with Gasteiger partial charge in [-0.15, -0.1) is 11.3 Å². The lowest BCUT2D eigenvalue weighted by Gasteiger charge is -2.12. The van der Waals surface area contributed by atoms with E-state index in [0.29, 0.717) is 30.3 Å². The third-order valence-electron chi connectivity index (χ3n) is 7.05. The van der Waals surface area contributed by atoms with Crippen LogP contribution in [0.2, 0.25) is 0 Å². The summed E-state index contributed by atoms with van der Waals surface area (Å²) in [6, 6.07) is 16.8. The summed E-state index contributed by atoms with van der Waals surface area (Å²) in [7, 11) is 0. The molecule has 3 aliphatic rings. The molecule has 1 aromatic heterocycles. The number of aliphatic imine (C=N–C) groups is 2. The first-order chi connectivity index (χ1) is 18.9. The number of fused-ring (bicyclic) bond motifs is 1. The number of aromatic nitrogens is 1. The van der Waals surface area contributed by atoms with Crippen LogP contribution in [0.1, 0.15) is 48.0 Å². The van der Waals surface area contributed by atoms with Crippen LogP contribution in [-0.4, -0.2) is 53.9 Å². The number of rotatable bonds is 6. The Morgan fingerprint density at radius 2 is 2.00 bits per heavy atom. The van der Waals surface area contributed by atoms with E-state index in [9.17, 15) is 4.79 Å². The average molecular weight is 544 g/mol. The summed E-state index contributed by atoms with van der Waals surface area (Å²) in [5, 5.41) is 16.7. The highest BCUT2D eigenvalue weighted by molar-refractivity contribution is 7.16. The molecule has 2 aromatic carbocycles. The molecule has 3 aromatic rings. The highest BCUT2D eigenvalue weighted by atomic mass is 32.1. The van der Waals surface area contributed by atoms with Gasteiger partial charge in [-0.1, -0.05) is 55.5 Å². The summed E-state index contributed by atoms with van der Waals surface area (Å²) in [6.07, 6.45) is 1.79. The van der Waals surface area contributed by atoms with Gasteiger partial charge in [0, 0.05) is 23.1 Å². The molecule has 39 heavy (non-hydrogen) atoms. The van der Waals surface area contributed by atoms with Crippen molar-refractivity contribution in [1.82, 2.24) is 4.98 Å². The molecule has 1 saturated heterocycles. The van der Waals surface area contributed by atoms with Crippen molar-refractivity contribution in [2.75, 3.05) is 23.8 Å². The first kappa shape index (κ1) is 25.2. The molecule has 11 heteroatoms. The summed E-state index contributed by atoms with van der Waals surface area (Å²) in [5.74, 6) is -0.693. The van der Waals surface area contributed by atoms with Crippen LogP contribution in [0.15, 0.2) is 64.6 Å². The molecule has 2 aliphatic heterocycles. The van der Waals surface area contributed by atoms with Gasteiger partial charge in [0.15, 0.2) is 5.69 Å². The Hall–Kier alpha value is -4.09. The predicted molar refractivity (Wildman–Crippen MR) is 152 cm³/mol. The van der Waals surface area contributed by atoms with Gasteiger partial charge in [0.2, 0.25) is 12.1 Å². The Bertz CT molecular complexity index is 1470. The number of carbonyl (C=O) groups is 1. The number of amidine groups is 1. The minimum Gasteiger partial charge on any atom is -0.405 e. The smallest absolute Gasteiger partial charge is 0.291 e. The number of carbonyl (C=O) groups excluding carboxylic acids is 1. The van der Waals surface area contributed by atoms with Gasteiger partial charge in [-0.25, -0.2) is 9.98 Å². The van der Waals surface area contributed by atoms with Crippen LogP contribution in [0.4, 0.5) is 10.7 Å². The summed E-state index contributed by atoms with van der Waals surface area (Å²) in [4.78, 5) is 26.8. The zero-order valence-corrected chi connectivity index (χ0v) is 22.3. The molecule has 10 nitrogen and oxygen atoms in total. The van der Waals surface area contributed by atoms with Crippen LogP contribution in [-0.2, 0) is 19.7 Å². The lowest BCUT2D eigenvalue weighted by Crippen LogP contribution is -2.29. The number of benzodiazepines with no additional fused rings is 1. The van der Waals surface area contributed by atoms with Gasteiger partial charge in [0.05, 0.1) is 24.0 Å². The average Bonchev–Trinajstić information content (AvgIpc) is 3.31. The van der Waals surface area contributed by atoms with Crippen molar-refractivity contribution in [3.8, 4) is 0 Å². The van der Waals surface area contributed by atoms with Crippen molar-refractivity contribution in [3.05, 3.63) is 76.4 Å². The Morgan fingerprint density at radius 1 is 1.23 bits per heavy atom. The monoisotopic (exact) mass is 543 g/mol. The fourth-order valence-corrected chi connectivity index (χ4v) is 5.77. The number of nitrogens with one attached hydrogen (secondary N) is 3. The molecule has 0 radical (unpaired) electrons. The highest BCUT2D eigenvalue weighted by Gasteiger charge is 2.43. The number of nitrogens with two attached hydrogens (primary N) is 1. The first-order valence-corrected chi connectivity index (χ1v) is 13.7. The van der Waals surface area contributed by atoms with Gasteiger partial charge in [0.1, 0.15) is 10.0 Å². The molecule has 6 rings (SSSR count). The molecule has 5 N–H and O–H groups in total. The summed E-state index contributed by atoms with van der Waals surface area (Å²) in [5.41, 5.74) is 9.39. The number of hydrogen-bond donors (Lipinski definition) is 4. The van der Waals surface area contributed by atoms with Crippen molar-refractivity contribution < 1.29 is 14.3 Å². The number of thiazole rings is 1. The number of nitrogens with zero attached hydrogens (tertiary/aromatic N) is 3. The molecular formula is C28H29N7O3S. The standard InChI is InChI=1S/C28H29N7O3S/c1-28(12-13-28)26-34-21(25(39-26)31-17-11-14-37-15-17)22(29)38-27(30)35-23-24(36)32-19-10-6-5-9-18(19)20(33-23)16-7-3-2-4-8-16/h2-10,17,23,29,31H,11-15H2,1H3,(H2,30,35)(H,32,36)/t17-,23-/m1/s1. The van der Waals surface area contributed by atoms with Crippen LogP contribution in [0.25, 0.3) is 0 Å². The molecule has 200 valence electrons. The lowest BCUT2D eigenvalue weighted by atomic mass is 10.0. The van der Waals surface area contributed by atoms with E-state index in [-0.39, 0.29) is 23.4 Å². The van der Waals surface area contributed by atoms with Crippen LogP contribution in [0, 0.1) is 5.41 Å². The SMILES string of the molecule is CC1(c2nc(C(=N)O/C(N)=N/[C@H]3N=C(c4ccccc4)c4ccccc4NC3=O)c(N[C@@H]3CCOC3)s2)CC1. The third kappa shape index (κ3) is 5.27. The lowest BCUT2D eigenvalue weighted by molar-refractivity contribution is -0.117. The number of benzene rings is 2. The quantitative estimate of drug-likeness (QED) is 0.274. The van der Waals surface area contributed by atoms with E-state index in [4.69, 9.17) is 25.6 Å². The van der Waals surface area contributed by atoms with Gasteiger partial charge in [0.25, 0.3) is 11.9 Å². The van der Waals surface area contributed by atoms with E-state index in [2.05, 4.69) is 27.5 Å². The van der Waals surface area contributed by atoms with Crippen molar-refractivity contribution in [1.29, 1.82) is 5.41 Å². The second kappa shape index (κ2) is 10.2. The van der Waals surface area contributed by atoms with E-state index in [1.54, 1.807) is 0 Å². The molecule has 1 aliphatic carbocycles. The molecule has 2 atom stereocenters. The fraction of sp³-hybridized carbons (Fsp3) is 0.321. The minimum absolute atomic E-state index is 0.0292. The molecule has 1 amide bonds. The maximum absolute atomic E-state index is 13.1. The molecular weight excluding hydrogens is 514 g/mol. The molecule has 0 bridgehead atoms. The molecule has 2 fully saturated rings. The normalized spacial score (nSPS) is 21.8. The molecule has 1 saturated carbocycles. The first-order valence-electron chi connectivity index (χ1n) is 12.9. The second-order valence-corrected chi connectivity index (χ2v) is 11.1. The van der Waals surface area contributed by atoms with E-state index < -0.39 is 12.1 Å². The fourth-order valence-electron chi connectivity index (χ4n) is 4.52. The topological polar surface area (TPSA) is 147 Å². The second-order valence-electron chi connectivity index (χ2n) is 10.1. The highest BCUT2D eigenvalue weighted by Crippen LogP contribution is 2.50. The summed E-state index contributed by atoms with van der Waals surface area (Å²) < 4.78 is 11.1. The predicted octanol–water partition coefficient (Wildman–Crippen LogP) is 3.87. The van der Waals surface area contributed by atoms with Crippen LogP contribution in [0.3, 0.4) is 0 Å². The molecule has 0 unspecified atom stereocenters. The van der Waals surface area contributed by atoms with E-state index in [1.807, 2.05) is 54.6 Å². The van der Waals surface area contributed by atoms with Crippen molar-refractivity contribution in [3.63, 3.8) is 0 Å². The minimum atomic E-state index is -1.20. The van der Waals surface area contributed by atoms with Crippen LogP contribution in [0.5, 0.6) is 0 Å². The van der Waals surface area contributed by atoms with Gasteiger partial charge in [-0.2, -0.15) is 4.99 Å². The summed E-state index contributed by atoms with van der Waals surface area (Å²) in [6.45, 7) is 3.47. The Labute approximate surface area is 229 Å². The number of hydrogen-bond acceptors (Lipinski definition) is 9. The Balaban J connectivity index is 1.28. The van der Waals surface area contributed by atoms with Gasteiger partial charge >= 0.3 is 0 Å². The van der Waals surface area contributed by atoms with Gasteiger partial charge in [-0.3, -0.25) is 10.2 Å². The zero-order valence-electron chi connectivity index (χ0n) is 21.4. The van der Waals surface area contributed by atoms with Crippen molar-refractivity contribution >= 4 is 45.6 Å². The van der Waals surface area contributed by atoms with Crippen LogP contribution >= 0.6 is 11.3 Å². The Kier molecular flexibility index (Phi) is 6.61. The van der Waals surface area contributed by atoms with Crippen molar-refractivity contribution in [2.45, 2.75) is 43.8 Å². The number of ether oxygens (including phenoxy) is 2. The number of para-hydroxylation sites is 1. The van der Waals surface area contributed by atoms with Crippen LogP contribution < -0.4 is 16.4 Å². The molecule has 3 heterocycles. The van der Waals surface area contributed by atoms with Gasteiger partial charge in [-0.05, 0) is 25.3 Å². The molecule has 0 spiro atoms. The van der Waals surface area contributed by atoms with E-state index >= 15 is 0 Å². The zero-order chi connectivity index (χ0) is 27.0. The third-order valence-corrected chi connectivity index (χ3v) is 8.35. The summed E-state index contributed by atoms with van der Waals surface area (Å²) >= 11 is 1.54. The maximum atomic E-state index is 13.1. The number of amides is 1. The van der Waals surface area contributed by atoms with E-state index in [1.165, 1.54) is 11.3 Å². The van der Waals surface area contributed by atoms with Gasteiger partial charge < -0.3 is 25.8 Å². The number of anilines is 2.